The number of hydrogen-bond donors (Lipinski definition) is 2. The van der Waals surface area contributed by atoms with Gasteiger partial charge >= 0.3 is 11.9 Å². The minimum absolute atomic E-state index is 0.0218. The van der Waals surface area contributed by atoms with Crippen LogP contribution in [0.2, 0.25) is 0 Å². The van der Waals surface area contributed by atoms with Gasteiger partial charge in [0.25, 0.3) is 0 Å². The standard InChI is InChI=1S/C32H52N2O4S/c1-18(2)26(38-29(35)19(3)33)8-6-7-20-10-12-24-23-11-9-21-17-22(37-30(36)27-28(34)39-27)13-15-32(21,5)25(23)14-16-31(20,24)4/h9,18-20,22-28H,6-8,10-17,33-34H2,1-5H3/t19-,20?,22?,23?,24?,25?,26?,27?,28?,31?,32?/m0/s1. The predicted molar refractivity (Wildman–Crippen MR) is 157 cm³/mol. The van der Waals surface area contributed by atoms with Crippen molar-refractivity contribution in [1.82, 2.24) is 0 Å². The number of ether oxygens (including phenoxy) is 2. The van der Waals surface area contributed by atoms with Crippen molar-refractivity contribution in [3.63, 3.8) is 0 Å². The molecule has 0 spiro atoms. The zero-order valence-electron chi connectivity index (χ0n) is 24.8. The summed E-state index contributed by atoms with van der Waals surface area (Å²) >= 11 is 1.51. The van der Waals surface area contributed by atoms with Gasteiger partial charge in [-0.3, -0.25) is 9.59 Å². The zero-order valence-corrected chi connectivity index (χ0v) is 25.6. The molecule has 0 bridgehead atoms. The molecule has 0 aromatic carbocycles. The van der Waals surface area contributed by atoms with E-state index in [1.807, 2.05) is 0 Å². The molecule has 1 heterocycles. The Labute approximate surface area is 240 Å². The highest BCUT2D eigenvalue weighted by atomic mass is 32.2. The average molecular weight is 561 g/mol. The van der Waals surface area contributed by atoms with Gasteiger partial charge in [0, 0.05) is 6.42 Å². The van der Waals surface area contributed by atoms with Crippen LogP contribution < -0.4 is 11.5 Å². The molecule has 10 unspecified atom stereocenters. The topological polar surface area (TPSA) is 105 Å². The number of nitrogens with two attached hydrogens (primary N) is 2. The van der Waals surface area contributed by atoms with Gasteiger partial charge < -0.3 is 20.9 Å². The highest BCUT2D eigenvalue weighted by Crippen LogP contribution is 2.67. The maximum atomic E-state index is 12.4. The number of carbonyl (C=O) groups is 2. The molecule has 5 aliphatic rings. The second kappa shape index (κ2) is 11.3. The Kier molecular flexibility index (Phi) is 8.55. The third-order valence-electron chi connectivity index (χ3n) is 11.7. The Morgan fingerprint density at radius 3 is 2.51 bits per heavy atom. The molecule has 4 fully saturated rings. The van der Waals surface area contributed by atoms with Crippen molar-refractivity contribution in [1.29, 1.82) is 0 Å². The number of fused-ring (bicyclic) bond motifs is 5. The van der Waals surface area contributed by atoms with Crippen LogP contribution in [0.1, 0.15) is 105 Å². The Morgan fingerprint density at radius 2 is 1.85 bits per heavy atom. The monoisotopic (exact) mass is 560 g/mol. The third kappa shape index (κ3) is 5.70. The fourth-order valence-electron chi connectivity index (χ4n) is 9.21. The first-order valence-corrected chi connectivity index (χ1v) is 16.7. The highest BCUT2D eigenvalue weighted by Gasteiger charge is 2.58. The zero-order chi connectivity index (χ0) is 28.1. The van der Waals surface area contributed by atoms with Crippen molar-refractivity contribution in [2.24, 2.45) is 51.9 Å². The molecule has 6 nitrogen and oxygen atoms in total. The minimum atomic E-state index is -0.561. The van der Waals surface area contributed by atoms with Crippen LogP contribution in [0.25, 0.3) is 0 Å². The number of rotatable bonds is 9. The second-order valence-corrected chi connectivity index (χ2v) is 15.7. The van der Waals surface area contributed by atoms with Gasteiger partial charge in [-0.25, -0.2) is 0 Å². The SMILES string of the molecule is CC(C)C(CCCC1CCC2C3CC=C4CC(OC(=O)C5SC5N)CCC4(C)C3CCC12C)OC(=O)[C@H](C)N. The van der Waals surface area contributed by atoms with Crippen LogP contribution in [-0.2, 0) is 19.1 Å². The summed E-state index contributed by atoms with van der Waals surface area (Å²) in [7, 11) is 0. The largest absolute Gasteiger partial charge is 0.461 e. The van der Waals surface area contributed by atoms with Gasteiger partial charge in [-0.15, -0.1) is 11.8 Å². The minimum Gasteiger partial charge on any atom is -0.461 e. The van der Waals surface area contributed by atoms with Crippen molar-refractivity contribution >= 4 is 23.7 Å². The van der Waals surface area contributed by atoms with E-state index in [4.69, 9.17) is 20.9 Å². The van der Waals surface area contributed by atoms with Crippen molar-refractivity contribution in [3.05, 3.63) is 11.6 Å². The third-order valence-corrected chi connectivity index (χ3v) is 12.8. The van der Waals surface area contributed by atoms with E-state index in [-0.39, 0.29) is 40.2 Å². The first-order chi connectivity index (χ1) is 18.4. The summed E-state index contributed by atoms with van der Waals surface area (Å²) in [6.07, 6.45) is 15.4. The van der Waals surface area contributed by atoms with E-state index in [1.165, 1.54) is 50.3 Å². The van der Waals surface area contributed by atoms with Crippen LogP contribution in [-0.4, -0.2) is 40.8 Å². The molecule has 4 N–H and O–H groups in total. The van der Waals surface area contributed by atoms with Gasteiger partial charge in [-0.2, -0.15) is 0 Å². The van der Waals surface area contributed by atoms with Crippen LogP contribution in [0.15, 0.2) is 11.6 Å². The Bertz CT molecular complexity index is 968. The molecule has 0 aromatic rings. The van der Waals surface area contributed by atoms with Crippen LogP contribution in [0.3, 0.4) is 0 Å². The molecule has 39 heavy (non-hydrogen) atoms. The number of hydrogen-bond acceptors (Lipinski definition) is 7. The summed E-state index contributed by atoms with van der Waals surface area (Å²) in [5.41, 5.74) is 13.8. The van der Waals surface area contributed by atoms with Crippen LogP contribution in [0.4, 0.5) is 0 Å². The van der Waals surface area contributed by atoms with E-state index < -0.39 is 6.04 Å². The van der Waals surface area contributed by atoms with E-state index in [0.29, 0.717) is 11.3 Å². The molecular weight excluding hydrogens is 508 g/mol. The Hall–Kier alpha value is -1.05. The van der Waals surface area contributed by atoms with Gasteiger partial charge in [0.05, 0.1) is 5.37 Å². The summed E-state index contributed by atoms with van der Waals surface area (Å²) in [6.45, 7) is 11.1. The molecule has 220 valence electrons. The highest BCUT2D eigenvalue weighted by molar-refractivity contribution is 8.08. The van der Waals surface area contributed by atoms with Crippen molar-refractivity contribution in [3.8, 4) is 0 Å². The molecule has 1 saturated heterocycles. The fraction of sp³-hybridized carbons (Fsp3) is 0.875. The average Bonchev–Trinajstić information content (AvgIpc) is 3.52. The van der Waals surface area contributed by atoms with Gasteiger partial charge in [0.1, 0.15) is 23.5 Å². The summed E-state index contributed by atoms with van der Waals surface area (Å²) in [4.78, 5) is 24.5. The normalized spacial score (nSPS) is 42.5. The summed E-state index contributed by atoms with van der Waals surface area (Å²) in [5.74, 6) is 3.02. The van der Waals surface area contributed by atoms with Gasteiger partial charge in [0.2, 0.25) is 0 Å². The van der Waals surface area contributed by atoms with Crippen LogP contribution >= 0.6 is 11.8 Å². The summed E-state index contributed by atoms with van der Waals surface area (Å²) < 4.78 is 11.6. The number of allylic oxidation sites excluding steroid dienone is 1. The van der Waals surface area contributed by atoms with E-state index >= 15 is 0 Å². The smallest absolute Gasteiger partial charge is 0.322 e. The molecule has 1 aliphatic heterocycles. The molecule has 7 heteroatoms. The van der Waals surface area contributed by atoms with Gasteiger partial charge in [-0.05, 0) is 112 Å². The Morgan fingerprint density at radius 1 is 1.10 bits per heavy atom. The van der Waals surface area contributed by atoms with Gasteiger partial charge in [0.15, 0.2) is 0 Å². The molecule has 11 atom stereocenters. The predicted octanol–water partition coefficient (Wildman–Crippen LogP) is 5.96. The van der Waals surface area contributed by atoms with E-state index in [9.17, 15) is 9.59 Å². The molecule has 3 saturated carbocycles. The number of thioether (sulfide) groups is 1. The first-order valence-electron chi connectivity index (χ1n) is 15.7. The fourth-order valence-corrected chi connectivity index (χ4v) is 9.73. The van der Waals surface area contributed by atoms with Crippen LogP contribution in [0.5, 0.6) is 0 Å². The lowest BCUT2D eigenvalue weighted by Crippen LogP contribution is -2.50. The molecule has 0 radical (unpaired) electrons. The first kappa shape index (κ1) is 29.4. The maximum Gasteiger partial charge on any atom is 0.322 e. The summed E-state index contributed by atoms with van der Waals surface area (Å²) in [5, 5.41) is -0.211. The Balaban J connectivity index is 1.19. The molecule has 4 aliphatic carbocycles. The van der Waals surface area contributed by atoms with Crippen molar-refractivity contribution < 1.29 is 19.1 Å². The number of carbonyl (C=O) groups excluding carboxylic acids is 2. The van der Waals surface area contributed by atoms with Crippen molar-refractivity contribution in [2.75, 3.05) is 0 Å². The van der Waals surface area contributed by atoms with E-state index in [1.54, 1.807) is 12.5 Å². The second-order valence-electron chi connectivity index (χ2n) is 14.3. The number of esters is 2. The molecular formula is C32H52N2O4S. The van der Waals surface area contributed by atoms with Crippen molar-refractivity contribution in [2.45, 2.75) is 134 Å². The molecule has 0 amide bonds. The van der Waals surface area contributed by atoms with Gasteiger partial charge in [-0.1, -0.05) is 39.3 Å². The molecule has 5 rings (SSSR count). The lowest BCUT2D eigenvalue weighted by atomic mass is 9.47. The lowest BCUT2D eigenvalue weighted by Gasteiger charge is -2.58. The quantitative estimate of drug-likeness (QED) is 0.204. The maximum absolute atomic E-state index is 12.4. The van der Waals surface area contributed by atoms with Crippen LogP contribution in [0, 0.1) is 40.4 Å². The van der Waals surface area contributed by atoms with E-state index in [0.717, 1.165) is 55.8 Å². The lowest BCUT2D eigenvalue weighted by molar-refractivity contribution is -0.153. The van der Waals surface area contributed by atoms with E-state index in [2.05, 4.69) is 33.8 Å². The summed E-state index contributed by atoms with van der Waals surface area (Å²) in [6, 6.07) is -0.561. The molecule has 0 aromatic heterocycles.